The average molecular weight is 277 g/mol. The quantitative estimate of drug-likeness (QED) is 0.858. The number of methoxy groups -OCH3 is 1. The molecule has 108 valence electrons. The van der Waals surface area contributed by atoms with Gasteiger partial charge in [-0.05, 0) is 11.5 Å². The highest BCUT2D eigenvalue weighted by atomic mass is 16.5. The van der Waals surface area contributed by atoms with Crippen LogP contribution in [0.5, 0.6) is 5.75 Å². The highest BCUT2D eigenvalue weighted by Gasteiger charge is 2.65. The van der Waals surface area contributed by atoms with Crippen LogP contribution in [-0.4, -0.2) is 24.1 Å². The molecule has 1 fully saturated rings. The molecule has 1 aromatic carbocycles. The molecule has 0 unspecified atom stereocenters. The Morgan fingerprint density at radius 1 is 1.30 bits per heavy atom. The molecule has 0 heterocycles. The number of benzene rings is 1. The number of hydrogen-bond acceptors (Lipinski definition) is 3. The highest BCUT2D eigenvalue weighted by molar-refractivity contribution is 5.91. The van der Waals surface area contributed by atoms with E-state index in [4.69, 9.17) is 9.84 Å². The second-order valence-corrected chi connectivity index (χ2v) is 5.64. The number of carbonyl (C=O) groups is 2. The van der Waals surface area contributed by atoms with Crippen LogP contribution in [0.4, 0.5) is 0 Å². The van der Waals surface area contributed by atoms with Gasteiger partial charge >= 0.3 is 5.97 Å². The minimum absolute atomic E-state index is 0.215. The Hall–Kier alpha value is -2.04. The third-order valence-corrected chi connectivity index (χ3v) is 4.02. The maximum Gasteiger partial charge on any atom is 0.307 e. The molecule has 5 nitrogen and oxygen atoms in total. The van der Waals surface area contributed by atoms with Gasteiger partial charge in [-0.1, -0.05) is 32.0 Å². The largest absolute Gasteiger partial charge is 0.496 e. The van der Waals surface area contributed by atoms with E-state index in [0.717, 1.165) is 5.56 Å². The Balaban J connectivity index is 1.99. The third-order valence-electron chi connectivity index (χ3n) is 4.02. The number of hydrogen-bond donors (Lipinski definition) is 2. The molecule has 0 bridgehead atoms. The average Bonchev–Trinajstić information content (AvgIpc) is 2.99. The lowest BCUT2D eigenvalue weighted by atomic mass is 10.1. The van der Waals surface area contributed by atoms with E-state index >= 15 is 0 Å². The number of aliphatic carboxylic acids is 1. The first-order valence-corrected chi connectivity index (χ1v) is 6.52. The molecule has 5 heteroatoms. The molecule has 2 rings (SSSR count). The predicted molar refractivity (Wildman–Crippen MR) is 73.2 cm³/mol. The first-order chi connectivity index (χ1) is 9.39. The van der Waals surface area contributed by atoms with Gasteiger partial charge in [0.15, 0.2) is 0 Å². The normalized spacial score (nSPS) is 22.9. The Kier molecular flexibility index (Phi) is 3.70. The zero-order valence-electron chi connectivity index (χ0n) is 11.8. The van der Waals surface area contributed by atoms with Crippen molar-refractivity contribution >= 4 is 11.9 Å². The second kappa shape index (κ2) is 5.15. The van der Waals surface area contributed by atoms with E-state index in [-0.39, 0.29) is 5.91 Å². The predicted octanol–water partition coefficient (Wildman–Crippen LogP) is 1.67. The van der Waals surface area contributed by atoms with Crippen LogP contribution in [0.2, 0.25) is 0 Å². The van der Waals surface area contributed by atoms with E-state index in [2.05, 4.69) is 5.32 Å². The summed E-state index contributed by atoms with van der Waals surface area (Å²) < 4.78 is 5.21. The van der Waals surface area contributed by atoms with Crippen molar-refractivity contribution in [2.24, 2.45) is 17.3 Å². The van der Waals surface area contributed by atoms with E-state index in [1.54, 1.807) is 21.0 Å². The summed E-state index contributed by atoms with van der Waals surface area (Å²) in [6.45, 7) is 3.94. The summed E-state index contributed by atoms with van der Waals surface area (Å²) in [5.74, 6) is -1.48. The fourth-order valence-electron chi connectivity index (χ4n) is 2.73. The van der Waals surface area contributed by atoms with Gasteiger partial charge < -0.3 is 15.2 Å². The highest BCUT2D eigenvalue weighted by Crippen LogP contribution is 2.58. The van der Waals surface area contributed by atoms with Gasteiger partial charge in [0.1, 0.15) is 5.75 Å². The van der Waals surface area contributed by atoms with Gasteiger partial charge in [-0.15, -0.1) is 0 Å². The van der Waals surface area contributed by atoms with Crippen molar-refractivity contribution in [2.75, 3.05) is 7.11 Å². The first-order valence-electron chi connectivity index (χ1n) is 6.52. The maximum absolute atomic E-state index is 12.1. The summed E-state index contributed by atoms with van der Waals surface area (Å²) in [5, 5.41) is 11.9. The topological polar surface area (TPSA) is 75.6 Å². The van der Waals surface area contributed by atoms with E-state index in [1.807, 2.05) is 24.3 Å². The van der Waals surface area contributed by atoms with Crippen molar-refractivity contribution in [3.8, 4) is 5.75 Å². The molecule has 20 heavy (non-hydrogen) atoms. The fourth-order valence-corrected chi connectivity index (χ4v) is 2.73. The van der Waals surface area contributed by atoms with Gasteiger partial charge in [-0.25, -0.2) is 0 Å². The molecule has 1 aliphatic rings. The molecule has 1 saturated carbocycles. The molecule has 0 aromatic heterocycles. The molecule has 1 amide bonds. The standard InChI is InChI=1S/C15H19NO4/c1-15(2)11(12(15)14(18)19)13(17)16-8-9-6-4-5-7-10(9)20-3/h4-7,11-12H,8H2,1-3H3,(H,16,17)(H,18,19)/t11-,12+/m0/s1. The molecule has 1 aromatic rings. The summed E-state index contributed by atoms with van der Waals surface area (Å²) in [4.78, 5) is 23.2. The third kappa shape index (κ3) is 2.48. The van der Waals surface area contributed by atoms with Gasteiger partial charge in [-0.2, -0.15) is 0 Å². The van der Waals surface area contributed by atoms with E-state index in [9.17, 15) is 9.59 Å². The lowest BCUT2D eigenvalue weighted by Gasteiger charge is -2.10. The Morgan fingerprint density at radius 2 is 1.95 bits per heavy atom. The number of carbonyl (C=O) groups excluding carboxylic acids is 1. The van der Waals surface area contributed by atoms with Crippen molar-refractivity contribution in [3.63, 3.8) is 0 Å². The first kappa shape index (κ1) is 14.4. The number of ether oxygens (including phenoxy) is 1. The van der Waals surface area contributed by atoms with Crippen molar-refractivity contribution < 1.29 is 19.4 Å². The maximum atomic E-state index is 12.1. The van der Waals surface area contributed by atoms with Crippen LogP contribution < -0.4 is 10.1 Å². The molecular weight excluding hydrogens is 258 g/mol. The molecular formula is C15H19NO4. The number of para-hydroxylation sites is 1. The summed E-state index contributed by atoms with van der Waals surface area (Å²) in [7, 11) is 1.57. The number of carboxylic acid groups (broad SMARTS) is 1. The number of rotatable bonds is 5. The summed E-state index contributed by atoms with van der Waals surface area (Å²) >= 11 is 0. The van der Waals surface area contributed by atoms with Gasteiger partial charge in [-0.3, -0.25) is 9.59 Å². The van der Waals surface area contributed by atoms with Crippen LogP contribution in [0.3, 0.4) is 0 Å². The number of nitrogens with one attached hydrogen (secondary N) is 1. The van der Waals surface area contributed by atoms with Gasteiger partial charge in [0.05, 0.1) is 18.9 Å². The van der Waals surface area contributed by atoms with Crippen molar-refractivity contribution in [2.45, 2.75) is 20.4 Å². The Morgan fingerprint density at radius 3 is 2.50 bits per heavy atom. The van der Waals surface area contributed by atoms with E-state index in [1.165, 1.54) is 0 Å². The summed E-state index contributed by atoms with van der Waals surface area (Å²) in [5.41, 5.74) is 0.394. The van der Waals surface area contributed by atoms with Crippen molar-refractivity contribution in [1.82, 2.24) is 5.32 Å². The van der Waals surface area contributed by atoms with Crippen LogP contribution in [0.15, 0.2) is 24.3 Å². The molecule has 0 spiro atoms. The van der Waals surface area contributed by atoms with Crippen LogP contribution in [-0.2, 0) is 16.1 Å². The number of amides is 1. The molecule has 2 N–H and O–H groups in total. The molecule has 1 aliphatic carbocycles. The number of carboxylic acids is 1. The summed E-state index contributed by atoms with van der Waals surface area (Å²) in [6.07, 6.45) is 0. The van der Waals surface area contributed by atoms with Gasteiger partial charge in [0.2, 0.25) is 5.91 Å². The molecule has 0 saturated heterocycles. The smallest absolute Gasteiger partial charge is 0.307 e. The van der Waals surface area contributed by atoms with Crippen molar-refractivity contribution in [3.05, 3.63) is 29.8 Å². The van der Waals surface area contributed by atoms with Gasteiger partial charge in [0, 0.05) is 12.1 Å². The zero-order valence-corrected chi connectivity index (χ0v) is 11.8. The lowest BCUT2D eigenvalue weighted by Crippen LogP contribution is -2.27. The van der Waals surface area contributed by atoms with Crippen LogP contribution in [0.25, 0.3) is 0 Å². The fraction of sp³-hybridized carbons (Fsp3) is 0.467. The van der Waals surface area contributed by atoms with E-state index in [0.29, 0.717) is 12.3 Å². The minimum atomic E-state index is -0.910. The molecule has 0 radical (unpaired) electrons. The zero-order chi connectivity index (χ0) is 14.9. The van der Waals surface area contributed by atoms with Crippen LogP contribution >= 0.6 is 0 Å². The Labute approximate surface area is 117 Å². The van der Waals surface area contributed by atoms with Crippen molar-refractivity contribution in [1.29, 1.82) is 0 Å². The van der Waals surface area contributed by atoms with E-state index < -0.39 is 23.2 Å². The lowest BCUT2D eigenvalue weighted by molar-refractivity contribution is -0.140. The van der Waals surface area contributed by atoms with Crippen LogP contribution in [0, 0.1) is 17.3 Å². The van der Waals surface area contributed by atoms with Gasteiger partial charge in [0.25, 0.3) is 0 Å². The molecule has 0 aliphatic heterocycles. The minimum Gasteiger partial charge on any atom is -0.496 e. The van der Waals surface area contributed by atoms with Crippen LogP contribution in [0.1, 0.15) is 19.4 Å². The monoisotopic (exact) mass is 277 g/mol. The molecule has 2 atom stereocenters. The Bertz CT molecular complexity index is 538. The second-order valence-electron chi connectivity index (χ2n) is 5.64. The summed E-state index contributed by atoms with van der Waals surface area (Å²) in [6, 6.07) is 7.41. The SMILES string of the molecule is COc1ccccc1CNC(=O)[C@@H]1[C@H](C(=O)O)C1(C)C.